The molecule has 6 rings (SSSR count). The van der Waals surface area contributed by atoms with E-state index in [2.05, 4.69) is 163 Å². The van der Waals surface area contributed by atoms with Crippen molar-refractivity contribution in [2.75, 3.05) is 0 Å². The van der Waals surface area contributed by atoms with E-state index in [1.54, 1.807) is 0 Å². The van der Waals surface area contributed by atoms with Crippen LogP contribution in [0.2, 0.25) is 0 Å². The highest BCUT2D eigenvalue weighted by Gasteiger charge is 2.44. The van der Waals surface area contributed by atoms with Gasteiger partial charge in [0.15, 0.2) is 0 Å². The van der Waals surface area contributed by atoms with Gasteiger partial charge in [-0.25, -0.2) is 0 Å². The van der Waals surface area contributed by atoms with E-state index in [1.165, 1.54) is 0 Å². The Kier molecular flexibility index (Phi) is 10.1. The zero-order chi connectivity index (χ0) is 32.4. The molecule has 0 fully saturated rings. The molecule has 6 aromatic rings. The summed E-state index contributed by atoms with van der Waals surface area (Å²) in [5, 5.41) is 6.81. The maximum Gasteiger partial charge on any atom is 0.321 e. The lowest BCUT2D eigenvalue weighted by molar-refractivity contribution is 0.226. The third-order valence-electron chi connectivity index (χ3n) is 8.17. The number of hydrogen-bond acceptors (Lipinski definition) is 4. The largest absolute Gasteiger partial charge is 0.321 e. The fraction of sp³-hybridized carbons (Fsp3) is 0.0244. The maximum atomic E-state index is 6.92. The molecule has 0 spiro atoms. The number of hydrogen-bond donors (Lipinski definition) is 2. The fourth-order valence-corrected chi connectivity index (χ4v) is 13.3. The van der Waals surface area contributed by atoms with Crippen LogP contribution in [0.25, 0.3) is 0 Å². The van der Waals surface area contributed by atoms with E-state index in [0.717, 1.165) is 36.8 Å². The third kappa shape index (κ3) is 6.82. The van der Waals surface area contributed by atoms with Crippen LogP contribution in [0.4, 0.5) is 0 Å². The Morgan fingerprint density at radius 3 is 0.915 bits per heavy atom. The predicted molar refractivity (Wildman–Crippen MR) is 199 cm³/mol. The number of benzene rings is 6. The number of nitrogens with one attached hydrogen (secondary N) is 2. The van der Waals surface area contributed by atoms with Crippen molar-refractivity contribution in [3.63, 3.8) is 0 Å². The van der Waals surface area contributed by atoms with Crippen LogP contribution in [0.5, 0.6) is 0 Å². The first-order valence-electron chi connectivity index (χ1n) is 15.7. The lowest BCUT2D eigenvalue weighted by Crippen LogP contribution is -2.71. The quantitative estimate of drug-likeness (QED) is 0.0821. The van der Waals surface area contributed by atoms with E-state index in [0.29, 0.717) is 5.70 Å². The minimum atomic E-state index is -2.96. The Labute approximate surface area is 279 Å². The highest BCUT2D eigenvalue weighted by atomic mass is 28.4. The molecular weight excluding hydrogens is 609 g/mol. The van der Waals surface area contributed by atoms with Gasteiger partial charge in [-0.15, -0.1) is 0 Å². The molecule has 232 valence electrons. The zero-order valence-electron chi connectivity index (χ0n) is 26.4. The normalized spacial score (nSPS) is 11.9. The standard InChI is InChI=1S/C41H38N2O2Si2/c1-34(42-44-46(36-21-9-3-10-22-36,37-23-11-4-12-24-37)38-25-13-5-14-26-38)33-35(2)43-45-47(39-27-15-6-16-28-39,40-29-17-7-18-30-40)41-31-19-8-20-32-41/h3-33,42-43H,1H2,2H3. The van der Waals surface area contributed by atoms with Crippen molar-refractivity contribution in [3.8, 4) is 0 Å². The molecule has 6 heteroatoms. The first-order chi connectivity index (χ1) is 23.1. The van der Waals surface area contributed by atoms with Crippen LogP contribution in [-0.4, -0.2) is 16.6 Å². The molecule has 0 saturated carbocycles. The maximum absolute atomic E-state index is 6.92. The zero-order valence-corrected chi connectivity index (χ0v) is 28.4. The van der Waals surface area contributed by atoms with Gasteiger partial charge in [0.1, 0.15) is 0 Å². The molecule has 0 aromatic heterocycles. The van der Waals surface area contributed by atoms with Crippen molar-refractivity contribution in [3.05, 3.63) is 206 Å². The lowest BCUT2D eigenvalue weighted by atomic mass is 10.3. The summed E-state index contributed by atoms with van der Waals surface area (Å²) in [5.41, 5.74) is 7.96. The Hall–Kier alpha value is -5.25. The molecule has 0 heterocycles. The Balaban J connectivity index is 1.31. The molecule has 6 aromatic carbocycles. The van der Waals surface area contributed by atoms with Gasteiger partial charge in [-0.3, -0.25) is 11.0 Å². The van der Waals surface area contributed by atoms with Crippen LogP contribution in [0.15, 0.2) is 206 Å². The second-order valence-corrected chi connectivity index (χ2v) is 17.9. The van der Waals surface area contributed by atoms with Crippen molar-refractivity contribution in [2.45, 2.75) is 6.92 Å². The Morgan fingerprint density at radius 2 is 0.660 bits per heavy atom. The average Bonchev–Trinajstić information content (AvgIpc) is 3.15. The summed E-state index contributed by atoms with van der Waals surface area (Å²) in [6.45, 7) is 6.30. The summed E-state index contributed by atoms with van der Waals surface area (Å²) in [4.78, 5) is 0. The molecule has 0 aliphatic heterocycles. The number of allylic oxidation sites excluding steroid dienone is 2. The van der Waals surface area contributed by atoms with E-state index < -0.39 is 16.6 Å². The van der Waals surface area contributed by atoms with E-state index >= 15 is 0 Å². The smallest absolute Gasteiger partial charge is 0.305 e. The summed E-state index contributed by atoms with van der Waals surface area (Å²) in [6.07, 6.45) is 1.92. The summed E-state index contributed by atoms with van der Waals surface area (Å²) in [5.74, 6) is 0. The van der Waals surface area contributed by atoms with Crippen molar-refractivity contribution < 1.29 is 9.05 Å². The van der Waals surface area contributed by atoms with Crippen LogP contribution >= 0.6 is 0 Å². The highest BCUT2D eigenvalue weighted by Crippen LogP contribution is 2.12. The molecule has 0 radical (unpaired) electrons. The molecule has 0 atom stereocenters. The fourth-order valence-electron chi connectivity index (χ4n) is 6.01. The van der Waals surface area contributed by atoms with Gasteiger partial charge < -0.3 is 9.05 Å². The summed E-state index contributed by atoms with van der Waals surface area (Å²) < 4.78 is 13.8. The average molecular weight is 647 g/mol. The first kappa shape index (κ1) is 31.7. The molecule has 47 heavy (non-hydrogen) atoms. The van der Waals surface area contributed by atoms with Gasteiger partial charge in [0, 0.05) is 5.70 Å². The van der Waals surface area contributed by atoms with Crippen molar-refractivity contribution in [1.82, 2.24) is 11.0 Å². The van der Waals surface area contributed by atoms with Gasteiger partial charge in [0.25, 0.3) is 0 Å². The van der Waals surface area contributed by atoms with Gasteiger partial charge in [-0.05, 0) is 44.1 Å². The number of rotatable bonds is 13. The molecule has 4 nitrogen and oxygen atoms in total. The summed E-state index contributed by atoms with van der Waals surface area (Å²) in [7, 11) is -5.91. The molecule has 0 aliphatic carbocycles. The lowest BCUT2D eigenvalue weighted by Gasteiger charge is -2.33. The van der Waals surface area contributed by atoms with E-state index in [9.17, 15) is 0 Å². The van der Waals surface area contributed by atoms with Crippen LogP contribution in [0.3, 0.4) is 0 Å². The van der Waals surface area contributed by atoms with Gasteiger partial charge in [-0.1, -0.05) is 189 Å². The van der Waals surface area contributed by atoms with Gasteiger partial charge in [0.2, 0.25) is 0 Å². The molecular formula is C41H38N2O2Si2. The van der Waals surface area contributed by atoms with E-state index in [1.807, 2.05) is 49.4 Å². The van der Waals surface area contributed by atoms with Gasteiger partial charge in [0.05, 0.1) is 5.70 Å². The second kappa shape index (κ2) is 14.9. The Morgan fingerprint density at radius 1 is 0.426 bits per heavy atom. The molecule has 0 unspecified atom stereocenters. The van der Waals surface area contributed by atoms with Crippen LogP contribution in [0, 0.1) is 0 Å². The SMILES string of the molecule is C=C(C=C(C)NO[Si](c1ccccc1)(c1ccccc1)c1ccccc1)NO[Si](c1ccccc1)(c1ccccc1)c1ccccc1. The van der Waals surface area contributed by atoms with Crippen molar-refractivity contribution in [2.24, 2.45) is 0 Å². The molecule has 0 bridgehead atoms. The van der Waals surface area contributed by atoms with Crippen LogP contribution in [0.1, 0.15) is 6.92 Å². The molecule has 0 amide bonds. The van der Waals surface area contributed by atoms with E-state index in [4.69, 9.17) is 9.05 Å². The number of hydroxylamine groups is 2. The third-order valence-corrected chi connectivity index (χ3v) is 15.9. The molecule has 0 saturated heterocycles. The Bertz CT molecular complexity index is 1700. The molecule has 0 aliphatic rings. The monoisotopic (exact) mass is 646 g/mol. The van der Waals surface area contributed by atoms with Crippen molar-refractivity contribution >= 4 is 47.8 Å². The summed E-state index contributed by atoms with van der Waals surface area (Å²) in [6, 6.07) is 62.8. The van der Waals surface area contributed by atoms with Crippen molar-refractivity contribution in [1.29, 1.82) is 0 Å². The summed E-state index contributed by atoms with van der Waals surface area (Å²) >= 11 is 0. The van der Waals surface area contributed by atoms with Gasteiger partial charge in [-0.2, -0.15) is 0 Å². The van der Waals surface area contributed by atoms with Gasteiger partial charge >= 0.3 is 16.6 Å². The van der Waals surface area contributed by atoms with E-state index in [-0.39, 0.29) is 0 Å². The second-order valence-electron chi connectivity index (χ2n) is 11.3. The predicted octanol–water partition coefficient (Wildman–Crippen LogP) is 4.78. The van der Waals surface area contributed by atoms with Crippen LogP contribution < -0.4 is 42.1 Å². The topological polar surface area (TPSA) is 42.5 Å². The minimum Gasteiger partial charge on any atom is -0.305 e. The molecule has 2 N–H and O–H groups in total. The highest BCUT2D eigenvalue weighted by molar-refractivity contribution is 7.07. The van der Waals surface area contributed by atoms with Crippen LogP contribution in [-0.2, 0) is 9.05 Å². The first-order valence-corrected chi connectivity index (χ1v) is 19.5. The minimum absolute atomic E-state index is 0.602.